The van der Waals surface area contributed by atoms with Crippen LogP contribution >= 0.6 is 0 Å². The maximum absolute atomic E-state index is 12.3. The fraction of sp³-hybridized carbons (Fsp3) is 1.00. The van der Waals surface area contributed by atoms with E-state index in [1.165, 1.54) is 70.6 Å². The highest BCUT2D eigenvalue weighted by molar-refractivity contribution is 4.60. The second kappa shape index (κ2) is 14.1. The minimum Gasteiger partial charge on any atom is -0.633 e. The van der Waals surface area contributed by atoms with E-state index in [0.717, 1.165) is 12.8 Å². The summed E-state index contributed by atoms with van der Waals surface area (Å²) in [5.74, 6) is 0. The van der Waals surface area contributed by atoms with E-state index in [1.54, 1.807) is 0 Å². The van der Waals surface area contributed by atoms with Crippen molar-refractivity contribution >= 4 is 0 Å². The minimum atomic E-state index is -0.441. The molecule has 4 nitrogen and oxygen atoms in total. The predicted octanol–water partition coefficient (Wildman–Crippen LogP) is 4.78. The molecule has 144 valence electrons. The number of unbranched alkanes of at least 4 members (excludes halogenated alkanes) is 11. The van der Waals surface area contributed by atoms with E-state index in [-0.39, 0.29) is 4.65 Å². The smallest absolute Gasteiger partial charge is 0.105 e. The molecule has 0 aromatic rings. The molecule has 0 aliphatic carbocycles. The second-order valence-electron chi connectivity index (χ2n) is 7.63. The van der Waals surface area contributed by atoms with Crippen molar-refractivity contribution < 1.29 is 14.5 Å². The van der Waals surface area contributed by atoms with Crippen LogP contribution in [0.5, 0.6) is 0 Å². The number of hydrogen-bond acceptors (Lipinski definition) is 3. The van der Waals surface area contributed by atoms with Gasteiger partial charge in [0.05, 0.1) is 13.2 Å². The molecule has 1 saturated heterocycles. The summed E-state index contributed by atoms with van der Waals surface area (Å²) in [5.41, 5.74) is 0. The van der Waals surface area contributed by atoms with Gasteiger partial charge < -0.3 is 19.7 Å². The summed E-state index contributed by atoms with van der Waals surface area (Å²) in [7, 11) is 0. The standard InChI is InChI=1S/C20H41NO3/c1-2-3-4-5-6-7-8-9-10-11-12-13-14-20(22)19-21(23)15-17-24-18-16-21/h20,22H,2-19H2,1H3. The van der Waals surface area contributed by atoms with Gasteiger partial charge in [0.1, 0.15) is 25.7 Å². The maximum Gasteiger partial charge on any atom is 0.105 e. The van der Waals surface area contributed by atoms with Gasteiger partial charge in [0.2, 0.25) is 0 Å². The molecule has 1 rings (SSSR count). The van der Waals surface area contributed by atoms with Crippen LogP contribution in [-0.2, 0) is 4.74 Å². The van der Waals surface area contributed by atoms with Crippen molar-refractivity contribution in [1.29, 1.82) is 0 Å². The van der Waals surface area contributed by atoms with Crippen molar-refractivity contribution in [2.75, 3.05) is 32.8 Å². The molecule has 0 aromatic carbocycles. The number of quaternary nitrogens is 1. The first-order chi connectivity index (χ1) is 11.7. The molecule has 0 radical (unpaired) electrons. The molecule has 0 saturated carbocycles. The third kappa shape index (κ3) is 11.4. The molecule has 0 bridgehead atoms. The van der Waals surface area contributed by atoms with E-state index in [1.807, 2.05) is 0 Å². The monoisotopic (exact) mass is 343 g/mol. The summed E-state index contributed by atoms with van der Waals surface area (Å²) in [6.07, 6.45) is 16.3. The van der Waals surface area contributed by atoms with Crippen LogP contribution in [-0.4, -0.2) is 48.7 Å². The minimum absolute atomic E-state index is 0.264. The van der Waals surface area contributed by atoms with Gasteiger partial charge in [0.15, 0.2) is 0 Å². The van der Waals surface area contributed by atoms with E-state index in [2.05, 4.69) is 6.92 Å². The van der Waals surface area contributed by atoms with Crippen molar-refractivity contribution in [3.8, 4) is 0 Å². The predicted molar refractivity (Wildman–Crippen MR) is 101 cm³/mol. The molecule has 0 amide bonds. The van der Waals surface area contributed by atoms with Crippen LogP contribution in [0.15, 0.2) is 0 Å². The highest BCUT2D eigenvalue weighted by Gasteiger charge is 2.24. The van der Waals surface area contributed by atoms with Gasteiger partial charge in [-0.2, -0.15) is 0 Å². The molecule has 1 aliphatic rings. The molecule has 4 heteroatoms. The largest absolute Gasteiger partial charge is 0.633 e. The van der Waals surface area contributed by atoms with Gasteiger partial charge in [0, 0.05) is 0 Å². The van der Waals surface area contributed by atoms with Gasteiger partial charge in [-0.05, 0) is 6.42 Å². The van der Waals surface area contributed by atoms with Gasteiger partial charge in [-0.25, -0.2) is 0 Å². The number of aliphatic hydroxyl groups is 1. The average molecular weight is 344 g/mol. The molecule has 24 heavy (non-hydrogen) atoms. The van der Waals surface area contributed by atoms with E-state index in [0.29, 0.717) is 32.8 Å². The lowest BCUT2D eigenvalue weighted by Crippen LogP contribution is -2.53. The van der Waals surface area contributed by atoms with Crippen LogP contribution in [0.3, 0.4) is 0 Å². The van der Waals surface area contributed by atoms with Crippen LogP contribution in [0.25, 0.3) is 0 Å². The first-order valence-corrected chi connectivity index (χ1v) is 10.5. The van der Waals surface area contributed by atoms with Crippen molar-refractivity contribution in [2.24, 2.45) is 0 Å². The first-order valence-electron chi connectivity index (χ1n) is 10.5. The quantitative estimate of drug-likeness (QED) is 0.264. The maximum atomic E-state index is 12.3. The molecule has 1 N–H and O–H groups in total. The van der Waals surface area contributed by atoms with Gasteiger partial charge in [0.25, 0.3) is 0 Å². The summed E-state index contributed by atoms with van der Waals surface area (Å²) in [4.78, 5) is 0. The van der Waals surface area contributed by atoms with Crippen molar-refractivity contribution in [2.45, 2.75) is 96.5 Å². The summed E-state index contributed by atoms with van der Waals surface area (Å²) in [6, 6.07) is 0. The van der Waals surface area contributed by atoms with Gasteiger partial charge >= 0.3 is 0 Å². The van der Waals surface area contributed by atoms with Gasteiger partial charge in [-0.1, -0.05) is 84.0 Å². The molecular weight excluding hydrogens is 302 g/mol. The number of hydroxylamine groups is 3. The first kappa shape index (κ1) is 21.9. The molecule has 1 aliphatic heterocycles. The number of nitrogens with zero attached hydrogens (tertiary/aromatic N) is 1. The summed E-state index contributed by atoms with van der Waals surface area (Å²) in [6.45, 7) is 4.68. The molecule has 0 spiro atoms. The molecule has 0 aromatic heterocycles. The van der Waals surface area contributed by atoms with Gasteiger partial charge in [-0.3, -0.25) is 0 Å². The van der Waals surface area contributed by atoms with Crippen LogP contribution < -0.4 is 0 Å². The number of hydrogen-bond donors (Lipinski definition) is 1. The third-order valence-electron chi connectivity index (χ3n) is 5.22. The Labute approximate surface area is 149 Å². The Kier molecular flexibility index (Phi) is 12.8. The summed E-state index contributed by atoms with van der Waals surface area (Å²) < 4.78 is 4.96. The van der Waals surface area contributed by atoms with Crippen molar-refractivity contribution in [3.63, 3.8) is 0 Å². The number of morpholine rings is 1. The molecule has 1 unspecified atom stereocenters. The zero-order valence-electron chi connectivity index (χ0n) is 16.0. The van der Waals surface area contributed by atoms with E-state index >= 15 is 0 Å². The van der Waals surface area contributed by atoms with E-state index in [9.17, 15) is 10.3 Å². The lowest BCUT2D eigenvalue weighted by molar-refractivity contribution is -0.891. The van der Waals surface area contributed by atoms with Crippen LogP contribution in [0.2, 0.25) is 0 Å². The highest BCUT2D eigenvalue weighted by atomic mass is 16.6. The van der Waals surface area contributed by atoms with Crippen LogP contribution in [0.1, 0.15) is 90.4 Å². The number of rotatable bonds is 15. The zero-order valence-corrected chi connectivity index (χ0v) is 16.0. The number of ether oxygens (including phenoxy) is 1. The fourth-order valence-corrected chi connectivity index (χ4v) is 3.55. The van der Waals surface area contributed by atoms with Crippen molar-refractivity contribution in [1.82, 2.24) is 0 Å². The Morgan fingerprint density at radius 1 is 0.833 bits per heavy atom. The molecule has 1 fully saturated rings. The highest BCUT2D eigenvalue weighted by Crippen LogP contribution is 2.15. The third-order valence-corrected chi connectivity index (χ3v) is 5.22. The summed E-state index contributed by atoms with van der Waals surface area (Å²) in [5, 5.41) is 22.4. The molecular formula is C20H41NO3. The van der Waals surface area contributed by atoms with Gasteiger partial charge in [-0.15, -0.1) is 0 Å². The second-order valence-corrected chi connectivity index (χ2v) is 7.63. The average Bonchev–Trinajstić information content (AvgIpc) is 2.56. The SMILES string of the molecule is CCCCCCCCCCCCCCC(O)C[N+]1([O-])CCOCC1. The van der Waals surface area contributed by atoms with Crippen LogP contribution in [0.4, 0.5) is 0 Å². The lowest BCUT2D eigenvalue weighted by Gasteiger charge is -2.46. The molecule has 1 heterocycles. The van der Waals surface area contributed by atoms with Crippen molar-refractivity contribution in [3.05, 3.63) is 5.21 Å². The van der Waals surface area contributed by atoms with Crippen LogP contribution in [0, 0.1) is 5.21 Å². The Morgan fingerprint density at radius 2 is 1.29 bits per heavy atom. The Morgan fingerprint density at radius 3 is 1.79 bits per heavy atom. The zero-order chi connectivity index (χ0) is 17.5. The normalized spacial score (nSPS) is 18.6. The lowest BCUT2D eigenvalue weighted by atomic mass is 10.0. The van der Waals surface area contributed by atoms with E-state index in [4.69, 9.17) is 4.74 Å². The fourth-order valence-electron chi connectivity index (χ4n) is 3.55. The summed E-state index contributed by atoms with van der Waals surface area (Å²) >= 11 is 0. The Balaban J connectivity index is 1.84. The topological polar surface area (TPSA) is 52.5 Å². The Bertz CT molecular complexity index is 280. The number of aliphatic hydroxyl groups excluding tert-OH is 1. The molecule has 1 atom stereocenters. The Hall–Kier alpha value is -0.160. The van der Waals surface area contributed by atoms with E-state index < -0.39 is 6.10 Å².